The van der Waals surface area contributed by atoms with E-state index in [0.717, 1.165) is 12.1 Å². The van der Waals surface area contributed by atoms with Gasteiger partial charge in [0.15, 0.2) is 0 Å². The lowest BCUT2D eigenvalue weighted by Gasteiger charge is -2.13. The molecule has 1 N–H and O–H groups in total. The first-order valence-corrected chi connectivity index (χ1v) is 7.82. The van der Waals surface area contributed by atoms with Gasteiger partial charge < -0.3 is 5.32 Å². The molecule has 0 fully saturated rings. The molecule has 0 bridgehead atoms. The van der Waals surface area contributed by atoms with Gasteiger partial charge in [-0.15, -0.1) is 0 Å². The van der Waals surface area contributed by atoms with Crippen LogP contribution in [0.3, 0.4) is 0 Å². The molecule has 2 rings (SSSR count). The van der Waals surface area contributed by atoms with E-state index in [1.807, 2.05) is 11.6 Å². The predicted octanol–water partition coefficient (Wildman–Crippen LogP) is 2.29. The van der Waals surface area contributed by atoms with E-state index in [-0.39, 0.29) is 11.9 Å². The van der Waals surface area contributed by atoms with Crippen LogP contribution in [0.25, 0.3) is 0 Å². The van der Waals surface area contributed by atoms with Crippen molar-refractivity contribution in [2.24, 2.45) is 0 Å². The maximum Gasteiger partial charge on any atom is 0.244 e. The minimum Gasteiger partial charge on any atom is -0.352 e. The van der Waals surface area contributed by atoms with Crippen LogP contribution in [0.1, 0.15) is 36.8 Å². The van der Waals surface area contributed by atoms with Crippen LogP contribution in [0.4, 0.5) is 0 Å². The number of aromatic nitrogens is 4. The van der Waals surface area contributed by atoms with Crippen LogP contribution < -0.4 is 5.32 Å². The molecule has 1 amide bonds. The summed E-state index contributed by atoms with van der Waals surface area (Å²) in [6.45, 7) is 9.19. The van der Waals surface area contributed by atoms with Crippen LogP contribution in [0.15, 0.2) is 12.4 Å². The number of carbonyl (C=O) groups is 1. The Bertz CT molecular complexity index is 661. The standard InChI is InChI=1S/C15H22ClN5O/c1-5-14-10(2)19-20(11(14)3)7-6-17-15(22)12(4)21-9-13(16)8-18-21/h8-9,12H,5-7H2,1-4H3,(H,17,22)/t12-/m0/s1. The second kappa shape index (κ2) is 6.96. The maximum absolute atomic E-state index is 12.1. The van der Waals surface area contributed by atoms with Gasteiger partial charge in [0.2, 0.25) is 5.91 Å². The molecule has 2 aromatic rings. The minimum absolute atomic E-state index is 0.0861. The van der Waals surface area contributed by atoms with Gasteiger partial charge in [-0.25, -0.2) is 0 Å². The number of nitrogens with zero attached hydrogens (tertiary/aromatic N) is 4. The summed E-state index contributed by atoms with van der Waals surface area (Å²) in [7, 11) is 0. The molecular weight excluding hydrogens is 302 g/mol. The average molecular weight is 324 g/mol. The molecule has 7 heteroatoms. The molecule has 0 saturated heterocycles. The van der Waals surface area contributed by atoms with Gasteiger partial charge >= 0.3 is 0 Å². The first-order valence-electron chi connectivity index (χ1n) is 7.44. The van der Waals surface area contributed by atoms with Crippen molar-refractivity contribution in [3.05, 3.63) is 34.4 Å². The van der Waals surface area contributed by atoms with E-state index < -0.39 is 0 Å². The van der Waals surface area contributed by atoms with E-state index in [1.165, 1.54) is 17.5 Å². The van der Waals surface area contributed by atoms with Crippen molar-refractivity contribution in [2.45, 2.75) is 46.7 Å². The second-order valence-electron chi connectivity index (χ2n) is 5.33. The van der Waals surface area contributed by atoms with E-state index in [4.69, 9.17) is 11.6 Å². The third kappa shape index (κ3) is 3.50. The summed E-state index contributed by atoms with van der Waals surface area (Å²) in [5.74, 6) is -0.0861. The summed E-state index contributed by atoms with van der Waals surface area (Å²) in [5, 5.41) is 12.0. The molecule has 1 atom stereocenters. The van der Waals surface area contributed by atoms with E-state index >= 15 is 0 Å². The van der Waals surface area contributed by atoms with Crippen LogP contribution in [0.5, 0.6) is 0 Å². The summed E-state index contributed by atoms with van der Waals surface area (Å²) in [5.41, 5.74) is 3.51. The molecule has 2 heterocycles. The van der Waals surface area contributed by atoms with Gasteiger partial charge in [-0.3, -0.25) is 14.2 Å². The van der Waals surface area contributed by atoms with Crippen molar-refractivity contribution in [2.75, 3.05) is 6.54 Å². The lowest BCUT2D eigenvalue weighted by Crippen LogP contribution is -2.33. The smallest absolute Gasteiger partial charge is 0.244 e. The quantitative estimate of drug-likeness (QED) is 0.887. The zero-order valence-corrected chi connectivity index (χ0v) is 14.2. The molecule has 0 aliphatic rings. The number of nitrogens with one attached hydrogen (secondary N) is 1. The Morgan fingerprint density at radius 2 is 2.18 bits per heavy atom. The molecule has 0 spiro atoms. The summed E-state index contributed by atoms with van der Waals surface area (Å²) in [6, 6.07) is -0.390. The van der Waals surface area contributed by atoms with Crippen LogP contribution in [-0.4, -0.2) is 32.0 Å². The van der Waals surface area contributed by atoms with Crippen LogP contribution in [0, 0.1) is 13.8 Å². The summed E-state index contributed by atoms with van der Waals surface area (Å²) < 4.78 is 3.50. The zero-order chi connectivity index (χ0) is 16.3. The Hall–Kier alpha value is -1.82. The summed E-state index contributed by atoms with van der Waals surface area (Å²) >= 11 is 5.82. The zero-order valence-electron chi connectivity index (χ0n) is 13.4. The van der Waals surface area contributed by atoms with E-state index in [2.05, 4.69) is 29.4 Å². The monoisotopic (exact) mass is 323 g/mol. The molecule has 22 heavy (non-hydrogen) atoms. The highest BCUT2D eigenvalue weighted by molar-refractivity contribution is 6.30. The van der Waals surface area contributed by atoms with Gasteiger partial charge in [-0.2, -0.15) is 10.2 Å². The van der Waals surface area contributed by atoms with E-state index in [0.29, 0.717) is 18.1 Å². The van der Waals surface area contributed by atoms with Gasteiger partial charge in [0.05, 0.1) is 23.5 Å². The molecule has 6 nitrogen and oxygen atoms in total. The lowest BCUT2D eigenvalue weighted by atomic mass is 10.1. The van der Waals surface area contributed by atoms with E-state index in [1.54, 1.807) is 17.8 Å². The fourth-order valence-corrected chi connectivity index (χ4v) is 2.69. The number of halogens is 1. The third-order valence-electron chi connectivity index (χ3n) is 3.85. The molecule has 2 aromatic heterocycles. The van der Waals surface area contributed by atoms with Crippen molar-refractivity contribution < 1.29 is 4.79 Å². The summed E-state index contributed by atoms with van der Waals surface area (Å²) in [6.07, 6.45) is 4.13. The third-order valence-corrected chi connectivity index (χ3v) is 4.05. The Labute approximate surface area is 135 Å². The number of aryl methyl sites for hydroxylation is 1. The number of amides is 1. The van der Waals surface area contributed by atoms with E-state index in [9.17, 15) is 4.79 Å². The molecule has 0 unspecified atom stereocenters. The SMILES string of the molecule is CCc1c(C)nn(CCNC(=O)[C@H](C)n2cc(Cl)cn2)c1C. The van der Waals surface area contributed by atoms with Gasteiger partial charge in [0, 0.05) is 18.4 Å². The number of hydrogen-bond donors (Lipinski definition) is 1. The van der Waals surface area contributed by atoms with Crippen LogP contribution in [-0.2, 0) is 17.8 Å². The molecular formula is C15H22ClN5O. The normalized spacial score (nSPS) is 12.4. The molecule has 0 aliphatic carbocycles. The highest BCUT2D eigenvalue weighted by Crippen LogP contribution is 2.13. The topological polar surface area (TPSA) is 64.7 Å². The van der Waals surface area contributed by atoms with Crippen molar-refractivity contribution in [3.63, 3.8) is 0 Å². The first-order chi connectivity index (χ1) is 10.4. The van der Waals surface area contributed by atoms with Gasteiger partial charge in [0.1, 0.15) is 6.04 Å². The fraction of sp³-hybridized carbons (Fsp3) is 0.533. The van der Waals surface area contributed by atoms with Crippen molar-refractivity contribution >= 4 is 17.5 Å². The first kappa shape index (κ1) is 16.5. The lowest BCUT2D eigenvalue weighted by molar-refractivity contribution is -0.124. The average Bonchev–Trinajstić information content (AvgIpc) is 3.02. The van der Waals surface area contributed by atoms with Gasteiger partial charge in [0.25, 0.3) is 0 Å². The van der Waals surface area contributed by atoms with Gasteiger partial charge in [-0.1, -0.05) is 18.5 Å². The van der Waals surface area contributed by atoms with Crippen LogP contribution >= 0.6 is 11.6 Å². The molecule has 0 radical (unpaired) electrons. The highest BCUT2D eigenvalue weighted by atomic mass is 35.5. The van der Waals surface area contributed by atoms with Crippen molar-refractivity contribution in [1.82, 2.24) is 24.9 Å². The Morgan fingerprint density at radius 1 is 1.45 bits per heavy atom. The number of hydrogen-bond acceptors (Lipinski definition) is 3. The molecule has 0 aliphatic heterocycles. The van der Waals surface area contributed by atoms with Gasteiger partial charge in [-0.05, 0) is 32.8 Å². The maximum atomic E-state index is 12.1. The predicted molar refractivity (Wildman–Crippen MR) is 86.0 cm³/mol. The second-order valence-corrected chi connectivity index (χ2v) is 5.77. The summed E-state index contributed by atoms with van der Waals surface area (Å²) in [4.78, 5) is 12.1. The molecule has 0 aromatic carbocycles. The Kier molecular flexibility index (Phi) is 5.24. The fourth-order valence-electron chi connectivity index (χ4n) is 2.54. The Balaban J connectivity index is 1.89. The molecule has 120 valence electrons. The Morgan fingerprint density at radius 3 is 2.73 bits per heavy atom. The largest absolute Gasteiger partial charge is 0.352 e. The minimum atomic E-state index is -0.390. The molecule has 0 saturated carbocycles. The van der Waals surface area contributed by atoms with Crippen LogP contribution in [0.2, 0.25) is 5.02 Å². The van der Waals surface area contributed by atoms with Crippen molar-refractivity contribution in [3.8, 4) is 0 Å². The van der Waals surface area contributed by atoms with Crippen molar-refractivity contribution in [1.29, 1.82) is 0 Å². The highest BCUT2D eigenvalue weighted by Gasteiger charge is 2.16. The number of rotatable bonds is 6. The number of carbonyl (C=O) groups excluding carboxylic acids is 1.